The van der Waals surface area contributed by atoms with Crippen LogP contribution in [-0.4, -0.2) is 36.1 Å². The lowest BCUT2D eigenvalue weighted by Crippen LogP contribution is -2.37. The molecule has 1 saturated heterocycles. The third kappa shape index (κ3) is 2.25. The smallest absolute Gasteiger partial charge is 0.313 e. The minimum absolute atomic E-state index is 0.0469. The molecule has 2 fully saturated rings. The van der Waals surface area contributed by atoms with Crippen LogP contribution in [-0.2, 0) is 9.53 Å². The Kier molecular flexibility index (Phi) is 3.80. The first kappa shape index (κ1) is 15.2. The summed E-state index contributed by atoms with van der Waals surface area (Å²) in [5.74, 6) is 0.285. The summed E-state index contributed by atoms with van der Waals surface area (Å²) < 4.78 is 5.55. The number of methoxy groups -OCH3 is 1. The van der Waals surface area contributed by atoms with E-state index in [1.54, 1.807) is 6.20 Å². The van der Waals surface area contributed by atoms with E-state index in [2.05, 4.69) is 20.9 Å². The van der Waals surface area contributed by atoms with Gasteiger partial charge in [0.2, 0.25) is 5.82 Å². The van der Waals surface area contributed by atoms with Crippen molar-refractivity contribution in [3.05, 3.63) is 26.9 Å². The fourth-order valence-electron chi connectivity index (χ4n) is 3.79. The zero-order chi connectivity index (χ0) is 15.9. The number of carbonyl (C=O) groups excluding carboxylic acids is 1. The number of nitro groups is 1. The molecule has 8 heteroatoms. The Morgan fingerprint density at radius 1 is 1.64 bits per heavy atom. The number of hydrogen-bond donors (Lipinski definition) is 0. The lowest BCUT2D eigenvalue weighted by molar-refractivity contribution is -0.384. The van der Waals surface area contributed by atoms with Gasteiger partial charge < -0.3 is 9.64 Å². The van der Waals surface area contributed by atoms with Gasteiger partial charge in [0.05, 0.1) is 17.4 Å². The summed E-state index contributed by atoms with van der Waals surface area (Å²) in [7, 11) is 1.40. The van der Waals surface area contributed by atoms with Crippen molar-refractivity contribution >= 4 is 33.4 Å². The Morgan fingerprint density at radius 2 is 2.41 bits per heavy atom. The van der Waals surface area contributed by atoms with E-state index in [4.69, 9.17) is 4.74 Å². The number of carbonyl (C=O) groups is 1. The first-order valence-corrected chi connectivity index (χ1v) is 7.90. The average molecular weight is 370 g/mol. The van der Waals surface area contributed by atoms with Crippen LogP contribution in [0.4, 0.5) is 11.5 Å². The minimum atomic E-state index is -0.544. The minimum Gasteiger partial charge on any atom is -0.469 e. The molecule has 1 aliphatic carbocycles. The molecule has 2 unspecified atom stereocenters. The highest BCUT2D eigenvalue weighted by Gasteiger charge is 2.56. The molecule has 0 radical (unpaired) electrons. The summed E-state index contributed by atoms with van der Waals surface area (Å²) in [5, 5.41) is 11.3. The lowest BCUT2D eigenvalue weighted by Gasteiger charge is -2.25. The molecule has 2 aliphatic rings. The molecule has 3 rings (SSSR count). The van der Waals surface area contributed by atoms with Crippen molar-refractivity contribution < 1.29 is 14.5 Å². The van der Waals surface area contributed by atoms with Crippen molar-refractivity contribution in [1.29, 1.82) is 0 Å². The molecule has 2 heterocycles. The van der Waals surface area contributed by atoms with Crippen molar-refractivity contribution in [2.45, 2.75) is 19.3 Å². The number of ether oxygens (including phenoxy) is 1. The van der Waals surface area contributed by atoms with E-state index in [0.717, 1.165) is 19.3 Å². The van der Waals surface area contributed by atoms with E-state index in [1.165, 1.54) is 13.2 Å². The average Bonchev–Trinajstić information content (AvgIpc) is 3.04. The van der Waals surface area contributed by atoms with E-state index in [-0.39, 0.29) is 17.6 Å². The normalized spacial score (nSPS) is 26.8. The molecule has 7 nitrogen and oxygen atoms in total. The molecule has 1 aromatic heterocycles. The first-order chi connectivity index (χ1) is 10.5. The number of aromatic nitrogens is 1. The molecular formula is C14H16BrN3O4. The molecule has 1 aliphatic heterocycles. The van der Waals surface area contributed by atoms with Gasteiger partial charge in [-0.2, -0.15) is 0 Å². The van der Waals surface area contributed by atoms with Crippen molar-refractivity contribution in [2.24, 2.45) is 11.3 Å². The summed E-state index contributed by atoms with van der Waals surface area (Å²) in [6, 6.07) is 1.45. The number of fused-ring (bicyclic) bond motifs is 1. The highest BCUT2D eigenvalue weighted by Crippen LogP contribution is 2.51. The SMILES string of the molecule is COC(=O)C12CCCC1CN(c1ncc(Br)cc1[N+](=O)[O-])C2. The van der Waals surface area contributed by atoms with Gasteiger partial charge in [-0.25, -0.2) is 4.98 Å². The van der Waals surface area contributed by atoms with Gasteiger partial charge in [-0.05, 0) is 34.7 Å². The third-order valence-corrected chi connectivity index (χ3v) is 5.21. The van der Waals surface area contributed by atoms with Gasteiger partial charge in [-0.1, -0.05) is 6.42 Å². The number of hydrogen-bond acceptors (Lipinski definition) is 6. The van der Waals surface area contributed by atoms with Gasteiger partial charge in [-0.3, -0.25) is 14.9 Å². The number of nitrogens with zero attached hydrogens (tertiary/aromatic N) is 3. The van der Waals surface area contributed by atoms with Crippen LogP contribution in [0.15, 0.2) is 16.7 Å². The van der Waals surface area contributed by atoms with E-state index < -0.39 is 10.3 Å². The van der Waals surface area contributed by atoms with E-state index in [0.29, 0.717) is 23.4 Å². The van der Waals surface area contributed by atoms with Crippen LogP contribution >= 0.6 is 15.9 Å². The Bertz CT molecular complexity index is 639. The molecule has 1 saturated carbocycles. The molecule has 2 atom stereocenters. The number of rotatable bonds is 3. The standard InChI is InChI=1S/C14H16BrN3O4/c1-22-13(19)14-4-2-3-9(14)7-17(8-14)12-11(18(20)21)5-10(15)6-16-12/h5-6,9H,2-4,7-8H2,1H3. The van der Waals surface area contributed by atoms with Crippen LogP contribution in [0.2, 0.25) is 0 Å². The van der Waals surface area contributed by atoms with Gasteiger partial charge in [0.25, 0.3) is 0 Å². The summed E-state index contributed by atoms with van der Waals surface area (Å²) in [6.07, 6.45) is 4.24. The maximum absolute atomic E-state index is 12.3. The van der Waals surface area contributed by atoms with Gasteiger partial charge in [-0.15, -0.1) is 0 Å². The van der Waals surface area contributed by atoms with Gasteiger partial charge in [0.1, 0.15) is 0 Å². The number of halogens is 1. The second-order valence-corrected chi connectivity index (χ2v) is 6.79. The van der Waals surface area contributed by atoms with Crippen LogP contribution in [0.25, 0.3) is 0 Å². The monoisotopic (exact) mass is 369 g/mol. The highest BCUT2D eigenvalue weighted by atomic mass is 79.9. The Morgan fingerprint density at radius 3 is 3.09 bits per heavy atom. The number of pyridine rings is 1. The maximum atomic E-state index is 12.3. The summed E-state index contributed by atoms with van der Waals surface area (Å²) in [4.78, 5) is 29.2. The molecule has 0 aromatic carbocycles. The highest BCUT2D eigenvalue weighted by molar-refractivity contribution is 9.10. The molecule has 1 aromatic rings. The molecule has 0 bridgehead atoms. The molecule has 0 N–H and O–H groups in total. The van der Waals surface area contributed by atoms with E-state index >= 15 is 0 Å². The van der Waals surface area contributed by atoms with Crippen LogP contribution in [0.1, 0.15) is 19.3 Å². The van der Waals surface area contributed by atoms with Gasteiger partial charge in [0.15, 0.2) is 0 Å². The van der Waals surface area contributed by atoms with E-state index in [9.17, 15) is 14.9 Å². The van der Waals surface area contributed by atoms with Gasteiger partial charge >= 0.3 is 11.7 Å². The fourth-order valence-corrected chi connectivity index (χ4v) is 4.11. The maximum Gasteiger partial charge on any atom is 0.313 e. The quantitative estimate of drug-likeness (QED) is 0.462. The van der Waals surface area contributed by atoms with Crippen molar-refractivity contribution in [3.8, 4) is 0 Å². The van der Waals surface area contributed by atoms with E-state index in [1.807, 2.05) is 4.90 Å². The van der Waals surface area contributed by atoms with Crippen molar-refractivity contribution in [3.63, 3.8) is 0 Å². The van der Waals surface area contributed by atoms with Gasteiger partial charge in [0, 0.05) is 29.8 Å². The molecule has 22 heavy (non-hydrogen) atoms. The largest absolute Gasteiger partial charge is 0.469 e. The van der Waals surface area contributed by atoms with Crippen LogP contribution in [0.5, 0.6) is 0 Å². The predicted octanol–water partition coefficient (Wildman–Crippen LogP) is 2.53. The Labute approximate surface area is 135 Å². The molecular weight excluding hydrogens is 354 g/mol. The predicted molar refractivity (Wildman–Crippen MR) is 82.6 cm³/mol. The zero-order valence-electron chi connectivity index (χ0n) is 12.1. The zero-order valence-corrected chi connectivity index (χ0v) is 13.7. The second-order valence-electron chi connectivity index (χ2n) is 5.87. The first-order valence-electron chi connectivity index (χ1n) is 7.11. The lowest BCUT2D eigenvalue weighted by atomic mass is 9.81. The topological polar surface area (TPSA) is 85.6 Å². The van der Waals surface area contributed by atoms with Crippen molar-refractivity contribution in [1.82, 2.24) is 4.98 Å². The summed E-state index contributed by atoms with van der Waals surface area (Å²) in [6.45, 7) is 1.03. The summed E-state index contributed by atoms with van der Waals surface area (Å²) >= 11 is 3.21. The molecule has 0 amide bonds. The molecule has 0 spiro atoms. The van der Waals surface area contributed by atoms with Crippen molar-refractivity contribution in [2.75, 3.05) is 25.1 Å². The van der Waals surface area contributed by atoms with Crippen LogP contribution in [0.3, 0.4) is 0 Å². The van der Waals surface area contributed by atoms with Crippen LogP contribution in [0, 0.1) is 21.4 Å². The Balaban J connectivity index is 1.96. The van der Waals surface area contributed by atoms with Crippen LogP contribution < -0.4 is 4.90 Å². The number of esters is 1. The fraction of sp³-hybridized carbons (Fsp3) is 0.571. The summed E-state index contributed by atoms with van der Waals surface area (Å²) in [5.41, 5.74) is -0.591. The number of anilines is 1. The third-order valence-electron chi connectivity index (χ3n) is 4.77. The Hall–Kier alpha value is -1.70. The molecule has 118 valence electrons. The second kappa shape index (κ2) is 5.49.